The molecular formula is C10H19NO2. The van der Waals surface area contributed by atoms with E-state index in [1.807, 2.05) is 0 Å². The van der Waals surface area contributed by atoms with E-state index in [1.165, 1.54) is 0 Å². The normalized spacial score (nSPS) is 46.4. The second kappa shape index (κ2) is 3.56. The third-order valence-corrected chi connectivity index (χ3v) is 3.48. The van der Waals surface area contributed by atoms with Crippen molar-refractivity contribution in [1.82, 2.24) is 4.90 Å². The number of aliphatic hydroxyl groups excluding tert-OH is 2. The van der Waals surface area contributed by atoms with Gasteiger partial charge in [0.15, 0.2) is 0 Å². The maximum Gasteiger partial charge on any atom is 0.0590 e. The minimum atomic E-state index is -0.109. The number of hydrogen-bond acceptors (Lipinski definition) is 3. The zero-order chi connectivity index (χ0) is 9.42. The summed E-state index contributed by atoms with van der Waals surface area (Å²) in [4.78, 5) is 2.43. The van der Waals surface area contributed by atoms with Crippen molar-refractivity contribution in [2.45, 2.75) is 31.9 Å². The Morgan fingerprint density at radius 1 is 1.46 bits per heavy atom. The fourth-order valence-electron chi connectivity index (χ4n) is 2.34. The Hall–Kier alpha value is -0.120. The average molecular weight is 185 g/mol. The Bertz CT molecular complexity index is 186. The first-order valence-electron chi connectivity index (χ1n) is 5.25. The highest BCUT2D eigenvalue weighted by Crippen LogP contribution is 2.37. The summed E-state index contributed by atoms with van der Waals surface area (Å²) < 4.78 is 0. The molecule has 3 heteroatoms. The molecule has 1 heterocycles. The molecule has 0 amide bonds. The lowest BCUT2D eigenvalue weighted by Crippen LogP contribution is -2.43. The van der Waals surface area contributed by atoms with Crippen LogP contribution in [0.2, 0.25) is 0 Å². The molecule has 2 N–H and O–H groups in total. The van der Waals surface area contributed by atoms with Crippen LogP contribution >= 0.6 is 0 Å². The van der Waals surface area contributed by atoms with E-state index in [-0.39, 0.29) is 6.10 Å². The number of likely N-dealkylation sites (tertiary alicyclic amines) is 1. The van der Waals surface area contributed by atoms with Crippen molar-refractivity contribution < 1.29 is 10.2 Å². The summed E-state index contributed by atoms with van der Waals surface area (Å²) in [6, 6.07) is 0.611. The van der Waals surface area contributed by atoms with Gasteiger partial charge < -0.3 is 10.2 Å². The van der Waals surface area contributed by atoms with Crippen LogP contribution in [0, 0.1) is 11.8 Å². The monoisotopic (exact) mass is 185 g/mol. The number of piperidine rings is 1. The molecule has 1 aliphatic heterocycles. The van der Waals surface area contributed by atoms with Gasteiger partial charge in [0.1, 0.15) is 0 Å². The molecule has 4 unspecified atom stereocenters. The smallest absolute Gasteiger partial charge is 0.0590 e. The summed E-state index contributed by atoms with van der Waals surface area (Å²) in [7, 11) is 0. The van der Waals surface area contributed by atoms with Crippen LogP contribution in [-0.4, -0.2) is 47.0 Å². The fraction of sp³-hybridized carbons (Fsp3) is 1.00. The van der Waals surface area contributed by atoms with Crippen molar-refractivity contribution in [1.29, 1.82) is 0 Å². The maximum atomic E-state index is 9.54. The van der Waals surface area contributed by atoms with E-state index in [2.05, 4.69) is 11.8 Å². The van der Waals surface area contributed by atoms with Crippen molar-refractivity contribution in [3.8, 4) is 0 Å². The summed E-state index contributed by atoms with van der Waals surface area (Å²) in [5.74, 6) is 0.913. The van der Waals surface area contributed by atoms with Crippen molar-refractivity contribution in [3.05, 3.63) is 0 Å². The van der Waals surface area contributed by atoms with E-state index in [0.717, 1.165) is 25.9 Å². The van der Waals surface area contributed by atoms with E-state index in [9.17, 15) is 5.11 Å². The number of nitrogens with zero attached hydrogens (tertiary/aromatic N) is 1. The highest BCUT2D eigenvalue weighted by Gasteiger charge is 2.42. The first kappa shape index (κ1) is 9.44. The minimum Gasteiger partial charge on any atom is -0.396 e. The van der Waals surface area contributed by atoms with Crippen LogP contribution in [-0.2, 0) is 0 Å². The quantitative estimate of drug-likeness (QED) is 0.640. The van der Waals surface area contributed by atoms with Gasteiger partial charge in [0.05, 0.1) is 6.10 Å². The predicted molar refractivity (Wildman–Crippen MR) is 50.3 cm³/mol. The van der Waals surface area contributed by atoms with Gasteiger partial charge >= 0.3 is 0 Å². The molecule has 1 saturated carbocycles. The summed E-state index contributed by atoms with van der Waals surface area (Å²) >= 11 is 0. The molecular weight excluding hydrogens is 166 g/mol. The van der Waals surface area contributed by atoms with E-state index in [1.54, 1.807) is 0 Å². The number of aliphatic hydroxyl groups is 2. The highest BCUT2D eigenvalue weighted by atomic mass is 16.3. The second-order valence-corrected chi connectivity index (χ2v) is 4.57. The van der Waals surface area contributed by atoms with Gasteiger partial charge in [0.2, 0.25) is 0 Å². The molecule has 3 nitrogen and oxygen atoms in total. The molecule has 0 aromatic heterocycles. The fourth-order valence-corrected chi connectivity index (χ4v) is 2.34. The Kier molecular flexibility index (Phi) is 2.58. The molecule has 2 fully saturated rings. The summed E-state index contributed by atoms with van der Waals surface area (Å²) in [5, 5.41) is 18.5. The van der Waals surface area contributed by atoms with Crippen molar-refractivity contribution in [2.24, 2.45) is 11.8 Å². The largest absolute Gasteiger partial charge is 0.396 e. The van der Waals surface area contributed by atoms with E-state index in [0.29, 0.717) is 24.5 Å². The second-order valence-electron chi connectivity index (χ2n) is 4.57. The average Bonchev–Trinajstić information content (AvgIpc) is 2.88. The van der Waals surface area contributed by atoms with Gasteiger partial charge in [0, 0.05) is 25.7 Å². The third kappa shape index (κ3) is 1.87. The van der Waals surface area contributed by atoms with E-state index < -0.39 is 0 Å². The first-order chi connectivity index (χ1) is 6.22. The molecule has 0 bridgehead atoms. The van der Waals surface area contributed by atoms with Gasteiger partial charge in [-0.1, -0.05) is 6.92 Å². The molecule has 0 radical (unpaired) electrons. The van der Waals surface area contributed by atoms with E-state index >= 15 is 0 Å². The number of rotatable bonds is 2. The standard InChI is InChI=1S/C10H19NO2/c1-7-5-11(3-2-10(7)13)9-4-8(9)6-12/h7-10,12-13H,2-6H2,1H3. The van der Waals surface area contributed by atoms with Crippen molar-refractivity contribution >= 4 is 0 Å². The molecule has 0 aromatic carbocycles. The van der Waals surface area contributed by atoms with Gasteiger partial charge in [-0.25, -0.2) is 0 Å². The highest BCUT2D eigenvalue weighted by molar-refractivity contribution is 4.96. The summed E-state index contributed by atoms with van der Waals surface area (Å²) in [6.45, 7) is 4.44. The van der Waals surface area contributed by atoms with Crippen LogP contribution in [0.5, 0.6) is 0 Å². The van der Waals surface area contributed by atoms with Crippen molar-refractivity contribution in [3.63, 3.8) is 0 Å². The van der Waals surface area contributed by atoms with Crippen LogP contribution in [0.25, 0.3) is 0 Å². The molecule has 2 aliphatic rings. The van der Waals surface area contributed by atoms with Crippen LogP contribution in [0.3, 0.4) is 0 Å². The minimum absolute atomic E-state index is 0.109. The Balaban J connectivity index is 1.83. The molecule has 2 rings (SSSR count). The molecule has 76 valence electrons. The zero-order valence-corrected chi connectivity index (χ0v) is 8.19. The number of hydrogen-bond donors (Lipinski definition) is 2. The van der Waals surface area contributed by atoms with Crippen LogP contribution < -0.4 is 0 Å². The van der Waals surface area contributed by atoms with Crippen LogP contribution in [0.1, 0.15) is 19.8 Å². The van der Waals surface area contributed by atoms with Gasteiger partial charge in [0.25, 0.3) is 0 Å². The molecule has 1 aliphatic carbocycles. The molecule has 13 heavy (non-hydrogen) atoms. The Labute approximate surface area is 79.4 Å². The van der Waals surface area contributed by atoms with Crippen LogP contribution in [0.15, 0.2) is 0 Å². The molecule has 0 aromatic rings. The van der Waals surface area contributed by atoms with Crippen molar-refractivity contribution in [2.75, 3.05) is 19.7 Å². The van der Waals surface area contributed by atoms with Gasteiger partial charge in [-0.2, -0.15) is 0 Å². The molecule has 1 saturated heterocycles. The van der Waals surface area contributed by atoms with Gasteiger partial charge in [-0.15, -0.1) is 0 Å². The van der Waals surface area contributed by atoms with Gasteiger partial charge in [-0.3, -0.25) is 4.90 Å². The maximum absolute atomic E-state index is 9.54. The first-order valence-corrected chi connectivity index (χ1v) is 5.25. The summed E-state index contributed by atoms with van der Waals surface area (Å²) in [5.41, 5.74) is 0. The topological polar surface area (TPSA) is 43.7 Å². The predicted octanol–water partition coefficient (Wildman–Crippen LogP) is 0.0699. The van der Waals surface area contributed by atoms with E-state index in [4.69, 9.17) is 5.11 Å². The lowest BCUT2D eigenvalue weighted by molar-refractivity contribution is 0.0286. The SMILES string of the molecule is CC1CN(C2CC2CO)CCC1O. The zero-order valence-electron chi connectivity index (χ0n) is 8.19. The lowest BCUT2D eigenvalue weighted by Gasteiger charge is -2.34. The lowest BCUT2D eigenvalue weighted by atomic mass is 9.96. The van der Waals surface area contributed by atoms with Gasteiger partial charge in [-0.05, 0) is 24.7 Å². The molecule has 0 spiro atoms. The summed E-state index contributed by atoms with van der Waals surface area (Å²) in [6.07, 6.45) is 1.94. The van der Waals surface area contributed by atoms with Crippen LogP contribution in [0.4, 0.5) is 0 Å². The Morgan fingerprint density at radius 2 is 2.23 bits per heavy atom. The third-order valence-electron chi connectivity index (χ3n) is 3.48. The Morgan fingerprint density at radius 3 is 2.77 bits per heavy atom. The molecule has 4 atom stereocenters.